The van der Waals surface area contributed by atoms with Gasteiger partial charge in [0.15, 0.2) is 0 Å². The molecule has 0 radical (unpaired) electrons. The van der Waals surface area contributed by atoms with Crippen molar-refractivity contribution >= 4 is 12.1 Å². The summed E-state index contributed by atoms with van der Waals surface area (Å²) in [5, 5.41) is 12.3. The molecular formula is C34H41NO5. The Balaban J connectivity index is 1.97. The first-order valence-electron chi connectivity index (χ1n) is 14.0. The number of phenolic OH excluding ortho intramolecular Hbond substituents is 1. The Morgan fingerprint density at radius 2 is 1.45 bits per heavy atom. The van der Waals surface area contributed by atoms with Crippen LogP contribution in [0.4, 0.5) is 4.79 Å². The lowest BCUT2D eigenvalue weighted by molar-refractivity contribution is -0.169. The average Bonchev–Trinajstić information content (AvgIpc) is 3.21. The SMILES string of the molecule is CC(C)c1cc([C@H](c2ccccc2)[C@@]2(Cc3ccccc3)CN(C(=O)OC(C)(C)C)OC2=O)cc(C(C)C)c1O. The Labute approximate surface area is 237 Å². The highest BCUT2D eigenvalue weighted by molar-refractivity contribution is 5.85. The first-order chi connectivity index (χ1) is 18.8. The standard InChI is InChI=1S/C34H41NO5/c1-22(2)27-18-26(19-28(23(3)4)30(27)36)29(25-16-12-9-13-17-25)34(20-24-14-10-8-11-15-24)21-35(40-31(34)37)32(38)39-33(5,6)7/h8-19,22-23,29,36H,20-21H2,1-7H3/t29-,34+/m0/s1. The van der Waals surface area contributed by atoms with Gasteiger partial charge in [-0.3, -0.25) is 0 Å². The van der Waals surface area contributed by atoms with Crippen molar-refractivity contribution in [3.8, 4) is 5.75 Å². The van der Waals surface area contributed by atoms with Gasteiger partial charge in [-0.2, -0.15) is 0 Å². The van der Waals surface area contributed by atoms with E-state index >= 15 is 0 Å². The number of phenols is 1. The molecule has 1 saturated heterocycles. The number of carbonyl (C=O) groups is 2. The molecule has 40 heavy (non-hydrogen) atoms. The van der Waals surface area contributed by atoms with Gasteiger partial charge in [-0.25, -0.2) is 9.59 Å². The fourth-order valence-corrected chi connectivity index (χ4v) is 5.59. The maximum Gasteiger partial charge on any atom is 0.443 e. The second-order valence-corrected chi connectivity index (χ2v) is 12.4. The lowest BCUT2D eigenvalue weighted by Gasteiger charge is -2.35. The van der Waals surface area contributed by atoms with Gasteiger partial charge in [-0.15, -0.1) is 5.06 Å². The van der Waals surface area contributed by atoms with Crippen molar-refractivity contribution in [2.24, 2.45) is 5.41 Å². The zero-order valence-corrected chi connectivity index (χ0v) is 24.6. The summed E-state index contributed by atoms with van der Waals surface area (Å²) < 4.78 is 5.60. The van der Waals surface area contributed by atoms with Crippen molar-refractivity contribution in [1.29, 1.82) is 0 Å². The van der Waals surface area contributed by atoms with Gasteiger partial charge < -0.3 is 14.7 Å². The molecule has 6 nitrogen and oxygen atoms in total. The second kappa shape index (κ2) is 11.4. The molecule has 1 aliphatic heterocycles. The summed E-state index contributed by atoms with van der Waals surface area (Å²) in [5.74, 6) is -0.534. The largest absolute Gasteiger partial charge is 0.507 e. The van der Waals surface area contributed by atoms with E-state index in [0.717, 1.165) is 32.9 Å². The quantitative estimate of drug-likeness (QED) is 0.330. The molecule has 1 aliphatic rings. The van der Waals surface area contributed by atoms with Gasteiger partial charge in [0, 0.05) is 5.92 Å². The van der Waals surface area contributed by atoms with Crippen molar-refractivity contribution < 1.29 is 24.3 Å². The van der Waals surface area contributed by atoms with Gasteiger partial charge in [-0.1, -0.05) is 100 Å². The van der Waals surface area contributed by atoms with Gasteiger partial charge in [0.1, 0.15) is 16.8 Å². The van der Waals surface area contributed by atoms with E-state index in [1.807, 2.05) is 100 Å². The molecular weight excluding hydrogens is 502 g/mol. The smallest absolute Gasteiger partial charge is 0.443 e. The van der Waals surface area contributed by atoms with E-state index in [4.69, 9.17) is 9.57 Å². The summed E-state index contributed by atoms with van der Waals surface area (Å²) in [5.41, 5.74) is 2.53. The van der Waals surface area contributed by atoms with Crippen LogP contribution >= 0.6 is 0 Å². The van der Waals surface area contributed by atoms with E-state index in [1.54, 1.807) is 20.8 Å². The molecule has 3 aromatic carbocycles. The number of amides is 1. The van der Waals surface area contributed by atoms with Crippen LogP contribution in [0.25, 0.3) is 0 Å². The first-order valence-corrected chi connectivity index (χ1v) is 14.0. The number of hydrogen-bond acceptors (Lipinski definition) is 5. The minimum absolute atomic E-state index is 0.0180. The highest BCUT2D eigenvalue weighted by Gasteiger charge is 2.57. The third-order valence-corrected chi connectivity index (χ3v) is 7.44. The highest BCUT2D eigenvalue weighted by atomic mass is 16.8. The molecule has 1 amide bonds. The molecule has 0 spiro atoms. The lowest BCUT2D eigenvalue weighted by atomic mass is 9.65. The summed E-state index contributed by atoms with van der Waals surface area (Å²) in [6.45, 7) is 13.6. The Morgan fingerprint density at radius 1 is 0.925 bits per heavy atom. The maximum absolute atomic E-state index is 14.2. The third-order valence-electron chi connectivity index (χ3n) is 7.44. The summed E-state index contributed by atoms with van der Waals surface area (Å²) in [6, 6.07) is 23.7. The van der Waals surface area contributed by atoms with Crippen molar-refractivity contribution in [3.63, 3.8) is 0 Å². The fraction of sp³-hybridized carbons (Fsp3) is 0.412. The Kier molecular flexibility index (Phi) is 8.29. The predicted octanol–water partition coefficient (Wildman–Crippen LogP) is 7.71. The van der Waals surface area contributed by atoms with Crippen LogP contribution in [0, 0.1) is 5.41 Å². The van der Waals surface area contributed by atoms with E-state index in [0.29, 0.717) is 12.2 Å². The molecule has 212 valence electrons. The van der Waals surface area contributed by atoms with E-state index in [1.165, 1.54) is 0 Å². The van der Waals surface area contributed by atoms with Crippen molar-refractivity contribution in [1.82, 2.24) is 5.06 Å². The summed E-state index contributed by atoms with van der Waals surface area (Å²) in [6.07, 6.45) is -0.348. The minimum Gasteiger partial charge on any atom is -0.507 e. The monoisotopic (exact) mass is 543 g/mol. The van der Waals surface area contributed by atoms with Crippen molar-refractivity contribution in [2.75, 3.05) is 6.54 Å². The zero-order chi connectivity index (χ0) is 29.2. The van der Waals surface area contributed by atoms with Crippen LogP contribution in [0.15, 0.2) is 72.8 Å². The minimum atomic E-state index is -1.15. The molecule has 3 aromatic rings. The van der Waals surface area contributed by atoms with Crippen LogP contribution in [0.3, 0.4) is 0 Å². The van der Waals surface area contributed by atoms with Crippen LogP contribution in [0.5, 0.6) is 5.75 Å². The number of ether oxygens (including phenoxy) is 1. The average molecular weight is 544 g/mol. The number of benzene rings is 3. The molecule has 1 heterocycles. The van der Waals surface area contributed by atoms with Crippen molar-refractivity contribution in [2.45, 2.75) is 78.2 Å². The van der Waals surface area contributed by atoms with Crippen LogP contribution < -0.4 is 0 Å². The molecule has 0 unspecified atom stereocenters. The van der Waals surface area contributed by atoms with Crippen LogP contribution in [0.1, 0.15) is 94.0 Å². The van der Waals surface area contributed by atoms with Gasteiger partial charge in [0.05, 0.1) is 6.54 Å². The molecule has 1 N–H and O–H groups in total. The molecule has 6 heteroatoms. The Morgan fingerprint density at radius 3 is 1.95 bits per heavy atom. The number of hydroxylamine groups is 2. The van der Waals surface area contributed by atoms with Gasteiger partial charge in [0.2, 0.25) is 0 Å². The summed E-state index contributed by atoms with van der Waals surface area (Å²) in [4.78, 5) is 33.1. The number of aromatic hydroxyl groups is 1. The molecule has 0 aromatic heterocycles. The van der Waals surface area contributed by atoms with E-state index in [9.17, 15) is 14.7 Å². The van der Waals surface area contributed by atoms with Gasteiger partial charge >= 0.3 is 12.1 Å². The van der Waals surface area contributed by atoms with E-state index < -0.39 is 29.0 Å². The topological polar surface area (TPSA) is 76.1 Å². The lowest BCUT2D eigenvalue weighted by Crippen LogP contribution is -2.42. The molecule has 1 fully saturated rings. The van der Waals surface area contributed by atoms with Crippen LogP contribution in [0.2, 0.25) is 0 Å². The molecule has 0 aliphatic carbocycles. The molecule has 0 saturated carbocycles. The Bertz CT molecular complexity index is 1310. The Hall–Kier alpha value is -3.80. The highest BCUT2D eigenvalue weighted by Crippen LogP contribution is 2.50. The van der Waals surface area contributed by atoms with Crippen LogP contribution in [-0.2, 0) is 20.8 Å². The van der Waals surface area contributed by atoms with E-state index in [2.05, 4.69) is 0 Å². The third kappa shape index (κ3) is 6.01. The summed E-state index contributed by atoms with van der Waals surface area (Å²) in [7, 11) is 0. The number of hydrogen-bond donors (Lipinski definition) is 1. The molecule has 2 atom stereocenters. The predicted molar refractivity (Wildman–Crippen MR) is 156 cm³/mol. The van der Waals surface area contributed by atoms with Crippen LogP contribution in [-0.4, -0.2) is 34.4 Å². The molecule has 4 rings (SSSR count). The normalized spacial score (nSPS) is 18.2. The molecule has 0 bridgehead atoms. The first kappa shape index (κ1) is 29.2. The second-order valence-electron chi connectivity index (χ2n) is 12.4. The van der Waals surface area contributed by atoms with Gasteiger partial charge in [-0.05, 0) is 66.8 Å². The number of carbonyl (C=O) groups excluding carboxylic acids is 2. The van der Waals surface area contributed by atoms with Gasteiger partial charge in [0.25, 0.3) is 0 Å². The maximum atomic E-state index is 14.2. The van der Waals surface area contributed by atoms with Crippen molar-refractivity contribution in [3.05, 3.63) is 101 Å². The number of rotatable bonds is 7. The summed E-state index contributed by atoms with van der Waals surface area (Å²) >= 11 is 0. The van der Waals surface area contributed by atoms with E-state index in [-0.39, 0.29) is 18.4 Å². The fourth-order valence-electron chi connectivity index (χ4n) is 5.59. The zero-order valence-electron chi connectivity index (χ0n) is 24.6. The number of nitrogens with zero attached hydrogens (tertiary/aromatic N) is 1.